The standard InChI is InChI=1S/C11H15N7S/c1-4-12-8-15-9(18(2)3)17-11(16-8)19-10-13-6-5-7-14-10/h5-7H,4H2,1-3H3,(H,12,15,16,17). The van der Waals surface area contributed by atoms with E-state index in [0.29, 0.717) is 22.2 Å². The van der Waals surface area contributed by atoms with Crippen molar-refractivity contribution in [2.75, 3.05) is 30.9 Å². The molecule has 0 fully saturated rings. The van der Waals surface area contributed by atoms with Crippen molar-refractivity contribution in [2.45, 2.75) is 17.2 Å². The highest BCUT2D eigenvalue weighted by Gasteiger charge is 2.10. The van der Waals surface area contributed by atoms with Crippen LogP contribution in [0.5, 0.6) is 0 Å². The van der Waals surface area contributed by atoms with Gasteiger partial charge < -0.3 is 10.2 Å². The molecule has 0 amide bonds. The molecule has 0 atom stereocenters. The highest BCUT2D eigenvalue weighted by Crippen LogP contribution is 2.22. The summed E-state index contributed by atoms with van der Waals surface area (Å²) in [5.41, 5.74) is 0. The Hall–Kier alpha value is -1.96. The van der Waals surface area contributed by atoms with Crippen molar-refractivity contribution in [3.05, 3.63) is 18.5 Å². The second kappa shape index (κ2) is 6.28. The molecular formula is C11H15N7S. The van der Waals surface area contributed by atoms with Gasteiger partial charge in [-0.15, -0.1) is 0 Å². The molecule has 7 nitrogen and oxygen atoms in total. The maximum absolute atomic E-state index is 4.36. The molecule has 0 radical (unpaired) electrons. The van der Waals surface area contributed by atoms with E-state index in [9.17, 15) is 0 Å². The minimum Gasteiger partial charge on any atom is -0.354 e. The van der Waals surface area contributed by atoms with Crippen molar-refractivity contribution in [3.63, 3.8) is 0 Å². The highest BCUT2D eigenvalue weighted by atomic mass is 32.2. The molecule has 0 saturated carbocycles. The molecule has 0 aromatic carbocycles. The number of aromatic nitrogens is 5. The quantitative estimate of drug-likeness (QED) is 0.819. The van der Waals surface area contributed by atoms with E-state index in [1.165, 1.54) is 11.8 Å². The fourth-order valence-electron chi connectivity index (χ4n) is 1.25. The number of nitrogens with zero attached hydrogens (tertiary/aromatic N) is 6. The molecule has 2 aromatic heterocycles. The molecule has 0 bridgehead atoms. The van der Waals surface area contributed by atoms with Gasteiger partial charge in [0.15, 0.2) is 5.16 Å². The molecule has 0 aliphatic rings. The van der Waals surface area contributed by atoms with Gasteiger partial charge in [-0.3, -0.25) is 0 Å². The van der Waals surface area contributed by atoms with Crippen molar-refractivity contribution in [1.82, 2.24) is 24.9 Å². The predicted octanol–water partition coefficient (Wildman–Crippen LogP) is 1.31. The van der Waals surface area contributed by atoms with Gasteiger partial charge in [-0.2, -0.15) is 15.0 Å². The Morgan fingerprint density at radius 2 is 1.84 bits per heavy atom. The Labute approximate surface area is 115 Å². The number of nitrogens with one attached hydrogen (secondary N) is 1. The van der Waals surface area contributed by atoms with Crippen LogP contribution >= 0.6 is 11.8 Å². The number of rotatable bonds is 5. The summed E-state index contributed by atoms with van der Waals surface area (Å²) in [6, 6.07) is 1.77. The van der Waals surface area contributed by atoms with Gasteiger partial charge in [0.25, 0.3) is 0 Å². The van der Waals surface area contributed by atoms with E-state index in [1.807, 2.05) is 25.9 Å². The Kier molecular flexibility index (Phi) is 4.45. The van der Waals surface area contributed by atoms with Gasteiger partial charge in [-0.1, -0.05) is 0 Å². The molecule has 2 rings (SSSR count). The molecule has 2 aromatic rings. The zero-order valence-corrected chi connectivity index (χ0v) is 11.8. The number of hydrogen-bond donors (Lipinski definition) is 1. The zero-order chi connectivity index (χ0) is 13.7. The Morgan fingerprint density at radius 3 is 2.47 bits per heavy atom. The van der Waals surface area contributed by atoms with Crippen molar-refractivity contribution in [2.24, 2.45) is 0 Å². The molecule has 8 heteroatoms. The van der Waals surface area contributed by atoms with Crippen molar-refractivity contribution in [1.29, 1.82) is 0 Å². The summed E-state index contributed by atoms with van der Waals surface area (Å²) >= 11 is 1.31. The van der Waals surface area contributed by atoms with Crippen LogP contribution in [0.4, 0.5) is 11.9 Å². The highest BCUT2D eigenvalue weighted by molar-refractivity contribution is 7.99. The van der Waals surface area contributed by atoms with Crippen LogP contribution in [0.2, 0.25) is 0 Å². The third-order valence-corrected chi connectivity index (χ3v) is 2.82. The summed E-state index contributed by atoms with van der Waals surface area (Å²) in [6.07, 6.45) is 3.38. The average Bonchev–Trinajstić information content (AvgIpc) is 2.40. The lowest BCUT2D eigenvalue weighted by Gasteiger charge is -2.12. The Balaban J connectivity index is 2.28. The van der Waals surface area contributed by atoms with Gasteiger partial charge in [0.2, 0.25) is 17.1 Å². The first-order chi connectivity index (χ1) is 9.19. The monoisotopic (exact) mass is 277 g/mol. The van der Waals surface area contributed by atoms with Gasteiger partial charge in [-0.05, 0) is 24.8 Å². The first-order valence-corrected chi connectivity index (χ1v) is 6.63. The molecule has 100 valence electrons. The molecular weight excluding hydrogens is 262 g/mol. The van der Waals surface area contributed by atoms with Gasteiger partial charge in [0, 0.05) is 33.0 Å². The SMILES string of the molecule is CCNc1nc(Sc2ncccn2)nc(N(C)C)n1. The average molecular weight is 277 g/mol. The van der Waals surface area contributed by atoms with E-state index in [0.717, 1.165) is 6.54 Å². The first-order valence-electron chi connectivity index (χ1n) is 5.81. The molecule has 0 unspecified atom stereocenters. The fraction of sp³-hybridized carbons (Fsp3) is 0.364. The summed E-state index contributed by atoms with van der Waals surface area (Å²) in [7, 11) is 3.77. The third-order valence-electron chi connectivity index (χ3n) is 2.06. The van der Waals surface area contributed by atoms with Crippen LogP contribution in [-0.4, -0.2) is 45.6 Å². The first kappa shape index (κ1) is 13.5. The molecule has 0 saturated heterocycles. The third kappa shape index (κ3) is 3.75. The van der Waals surface area contributed by atoms with Gasteiger partial charge >= 0.3 is 0 Å². The van der Waals surface area contributed by atoms with Crippen molar-refractivity contribution < 1.29 is 0 Å². The van der Waals surface area contributed by atoms with Crippen LogP contribution in [0, 0.1) is 0 Å². The summed E-state index contributed by atoms with van der Waals surface area (Å²) in [4.78, 5) is 23.1. The maximum Gasteiger partial charge on any atom is 0.230 e. The molecule has 2 heterocycles. The van der Waals surface area contributed by atoms with Crippen LogP contribution in [0.3, 0.4) is 0 Å². The zero-order valence-electron chi connectivity index (χ0n) is 11.0. The lowest BCUT2D eigenvalue weighted by atomic mass is 10.7. The largest absolute Gasteiger partial charge is 0.354 e. The van der Waals surface area contributed by atoms with Gasteiger partial charge in [0.1, 0.15) is 0 Å². The number of hydrogen-bond acceptors (Lipinski definition) is 8. The van der Waals surface area contributed by atoms with Crippen molar-refractivity contribution in [3.8, 4) is 0 Å². The Morgan fingerprint density at radius 1 is 1.11 bits per heavy atom. The molecule has 19 heavy (non-hydrogen) atoms. The molecule has 0 spiro atoms. The van der Waals surface area contributed by atoms with E-state index in [4.69, 9.17) is 0 Å². The summed E-state index contributed by atoms with van der Waals surface area (Å²) in [5.74, 6) is 1.16. The second-order valence-electron chi connectivity index (χ2n) is 3.80. The van der Waals surface area contributed by atoms with Crippen LogP contribution < -0.4 is 10.2 Å². The van der Waals surface area contributed by atoms with Crippen LogP contribution in [-0.2, 0) is 0 Å². The van der Waals surface area contributed by atoms with E-state index < -0.39 is 0 Å². The summed E-state index contributed by atoms with van der Waals surface area (Å²) < 4.78 is 0. The Bertz CT molecular complexity index is 532. The van der Waals surface area contributed by atoms with Gasteiger partial charge in [0.05, 0.1) is 0 Å². The lowest BCUT2D eigenvalue weighted by Crippen LogP contribution is -2.15. The van der Waals surface area contributed by atoms with E-state index >= 15 is 0 Å². The summed E-state index contributed by atoms with van der Waals surface area (Å²) in [6.45, 7) is 2.75. The topological polar surface area (TPSA) is 79.7 Å². The van der Waals surface area contributed by atoms with E-state index in [2.05, 4.69) is 30.2 Å². The normalized spacial score (nSPS) is 10.3. The van der Waals surface area contributed by atoms with E-state index in [1.54, 1.807) is 18.5 Å². The van der Waals surface area contributed by atoms with Crippen LogP contribution in [0.15, 0.2) is 28.8 Å². The summed E-state index contributed by atoms with van der Waals surface area (Å²) in [5, 5.41) is 4.27. The number of anilines is 2. The van der Waals surface area contributed by atoms with Crippen LogP contribution in [0.1, 0.15) is 6.92 Å². The fourth-order valence-corrected chi connectivity index (χ4v) is 1.90. The van der Waals surface area contributed by atoms with Crippen LogP contribution in [0.25, 0.3) is 0 Å². The molecule has 0 aliphatic heterocycles. The minimum absolute atomic E-state index is 0.555. The van der Waals surface area contributed by atoms with Gasteiger partial charge in [-0.25, -0.2) is 9.97 Å². The lowest BCUT2D eigenvalue weighted by molar-refractivity contribution is 0.856. The maximum atomic E-state index is 4.36. The van der Waals surface area contributed by atoms with E-state index in [-0.39, 0.29) is 0 Å². The minimum atomic E-state index is 0.555. The second-order valence-corrected chi connectivity index (χ2v) is 4.73. The molecule has 0 aliphatic carbocycles. The molecule has 1 N–H and O–H groups in total. The smallest absolute Gasteiger partial charge is 0.230 e. The van der Waals surface area contributed by atoms with Crippen molar-refractivity contribution >= 4 is 23.7 Å². The predicted molar refractivity (Wildman–Crippen MR) is 74.5 cm³/mol.